The van der Waals surface area contributed by atoms with E-state index >= 15 is 0 Å². The van der Waals surface area contributed by atoms with Crippen LogP contribution in [0.4, 0.5) is 0 Å². The van der Waals surface area contributed by atoms with Crippen LogP contribution in [0.15, 0.2) is 36.5 Å². The van der Waals surface area contributed by atoms with Crippen molar-refractivity contribution in [3.05, 3.63) is 63.4 Å². The van der Waals surface area contributed by atoms with Gasteiger partial charge in [-0.2, -0.15) is 0 Å². The van der Waals surface area contributed by atoms with Gasteiger partial charge in [0.15, 0.2) is 0 Å². The fourth-order valence-electron chi connectivity index (χ4n) is 1.99. The van der Waals surface area contributed by atoms with E-state index in [0.717, 1.165) is 5.56 Å². The van der Waals surface area contributed by atoms with Crippen LogP contribution in [0.1, 0.15) is 21.6 Å². The number of amides is 1. The fraction of sp³-hybridized carbons (Fsp3) is 0.200. The van der Waals surface area contributed by atoms with Gasteiger partial charge in [-0.3, -0.25) is 9.78 Å². The number of rotatable bonds is 4. The molecule has 1 aromatic heterocycles. The van der Waals surface area contributed by atoms with E-state index in [4.69, 9.17) is 28.9 Å². The van der Waals surface area contributed by atoms with Crippen LogP contribution in [-0.4, -0.2) is 22.8 Å². The van der Waals surface area contributed by atoms with Crippen molar-refractivity contribution >= 4 is 29.1 Å². The van der Waals surface area contributed by atoms with Gasteiger partial charge in [0.05, 0.1) is 5.69 Å². The third kappa shape index (κ3) is 4.17. The van der Waals surface area contributed by atoms with Crippen molar-refractivity contribution in [2.45, 2.75) is 13.1 Å². The molecule has 1 heterocycles. The maximum atomic E-state index is 12.4. The number of carbonyl (C=O) groups excluding carboxylic acids is 1. The molecule has 110 valence electrons. The molecule has 0 radical (unpaired) electrons. The van der Waals surface area contributed by atoms with Crippen molar-refractivity contribution in [2.75, 3.05) is 7.05 Å². The molecule has 6 heteroatoms. The van der Waals surface area contributed by atoms with Crippen molar-refractivity contribution < 1.29 is 4.79 Å². The Kier molecular flexibility index (Phi) is 5.17. The third-order valence-corrected chi connectivity index (χ3v) is 3.40. The molecule has 0 unspecified atom stereocenters. The first kappa shape index (κ1) is 15.8. The molecule has 1 aromatic carbocycles. The molecule has 2 rings (SSSR count). The molecular weight excluding hydrogens is 309 g/mol. The molecule has 0 aliphatic heterocycles. The maximum Gasteiger partial charge on any atom is 0.254 e. The lowest BCUT2D eigenvalue weighted by molar-refractivity contribution is 0.0785. The highest BCUT2D eigenvalue weighted by molar-refractivity contribution is 6.34. The Morgan fingerprint density at radius 1 is 1.24 bits per heavy atom. The van der Waals surface area contributed by atoms with E-state index in [1.165, 1.54) is 0 Å². The van der Waals surface area contributed by atoms with Crippen LogP contribution in [0.5, 0.6) is 0 Å². The molecule has 4 nitrogen and oxygen atoms in total. The van der Waals surface area contributed by atoms with E-state index < -0.39 is 0 Å². The molecule has 0 spiro atoms. The molecule has 0 aliphatic rings. The van der Waals surface area contributed by atoms with Crippen LogP contribution in [0.2, 0.25) is 10.0 Å². The number of benzene rings is 1. The van der Waals surface area contributed by atoms with Crippen LogP contribution >= 0.6 is 23.2 Å². The van der Waals surface area contributed by atoms with Gasteiger partial charge in [-0.25, -0.2) is 0 Å². The average molecular weight is 324 g/mol. The van der Waals surface area contributed by atoms with Crippen LogP contribution in [0.3, 0.4) is 0 Å². The Morgan fingerprint density at radius 2 is 1.90 bits per heavy atom. The molecule has 0 saturated heterocycles. The van der Waals surface area contributed by atoms with E-state index in [9.17, 15) is 4.79 Å². The molecule has 1 amide bonds. The smallest absolute Gasteiger partial charge is 0.254 e. The number of halogens is 2. The van der Waals surface area contributed by atoms with Crippen molar-refractivity contribution in [2.24, 2.45) is 5.73 Å². The minimum atomic E-state index is -0.108. The predicted octanol–water partition coefficient (Wildman–Crippen LogP) is 3.12. The first-order chi connectivity index (χ1) is 9.99. The van der Waals surface area contributed by atoms with E-state index in [2.05, 4.69) is 4.98 Å². The standard InChI is InChI=1S/C15H15Cl2N3O/c1-20(9-10-4-12(16)7-13(17)5-10)15(21)11-2-3-19-14(6-11)8-18/h2-7H,8-9,18H2,1H3. The highest BCUT2D eigenvalue weighted by atomic mass is 35.5. The van der Waals surface area contributed by atoms with Crippen LogP contribution in [0, 0.1) is 0 Å². The summed E-state index contributed by atoms with van der Waals surface area (Å²) in [6.45, 7) is 0.716. The van der Waals surface area contributed by atoms with Gasteiger partial charge in [0.2, 0.25) is 0 Å². The lowest BCUT2D eigenvalue weighted by atomic mass is 10.1. The molecule has 0 fully saturated rings. The normalized spacial score (nSPS) is 10.5. The summed E-state index contributed by atoms with van der Waals surface area (Å²) in [6, 6.07) is 8.60. The van der Waals surface area contributed by atoms with E-state index in [1.54, 1.807) is 48.5 Å². The Labute approximate surface area is 133 Å². The van der Waals surface area contributed by atoms with Crippen LogP contribution in [-0.2, 0) is 13.1 Å². The zero-order valence-corrected chi connectivity index (χ0v) is 13.0. The van der Waals surface area contributed by atoms with Crippen LogP contribution in [0.25, 0.3) is 0 Å². The average Bonchev–Trinajstić information content (AvgIpc) is 2.45. The second kappa shape index (κ2) is 6.89. The van der Waals surface area contributed by atoms with Gasteiger partial charge in [-0.05, 0) is 35.9 Å². The highest BCUT2D eigenvalue weighted by Gasteiger charge is 2.13. The number of hydrogen-bond donors (Lipinski definition) is 1. The fourth-order valence-corrected chi connectivity index (χ4v) is 2.56. The summed E-state index contributed by atoms with van der Waals surface area (Å²) in [5, 5.41) is 1.10. The van der Waals surface area contributed by atoms with Gasteiger partial charge >= 0.3 is 0 Å². The molecule has 0 bridgehead atoms. The van der Waals surface area contributed by atoms with Gasteiger partial charge in [0.25, 0.3) is 5.91 Å². The number of nitrogens with two attached hydrogens (primary N) is 1. The number of pyridine rings is 1. The van der Waals surface area contributed by atoms with Gasteiger partial charge in [-0.1, -0.05) is 23.2 Å². The molecule has 21 heavy (non-hydrogen) atoms. The van der Waals surface area contributed by atoms with Gasteiger partial charge < -0.3 is 10.6 Å². The second-order valence-electron chi connectivity index (χ2n) is 4.68. The lowest BCUT2D eigenvalue weighted by Crippen LogP contribution is -2.26. The van der Waals surface area contributed by atoms with Crippen molar-refractivity contribution in [3.63, 3.8) is 0 Å². The quantitative estimate of drug-likeness (QED) is 0.940. The maximum absolute atomic E-state index is 12.4. The van der Waals surface area contributed by atoms with Gasteiger partial charge in [0.1, 0.15) is 0 Å². The summed E-state index contributed by atoms with van der Waals surface area (Å²) in [5.41, 5.74) is 7.64. The van der Waals surface area contributed by atoms with Crippen LogP contribution < -0.4 is 5.73 Å². The zero-order valence-electron chi connectivity index (χ0n) is 11.5. The number of carbonyl (C=O) groups is 1. The summed E-state index contributed by atoms with van der Waals surface area (Å²) in [4.78, 5) is 18.0. The van der Waals surface area contributed by atoms with Crippen molar-refractivity contribution in [1.29, 1.82) is 0 Å². The molecule has 0 atom stereocenters. The Balaban J connectivity index is 2.15. The second-order valence-corrected chi connectivity index (χ2v) is 5.55. The van der Waals surface area contributed by atoms with Crippen molar-refractivity contribution in [1.82, 2.24) is 9.88 Å². The van der Waals surface area contributed by atoms with Gasteiger partial charge in [0, 0.05) is 41.9 Å². The SMILES string of the molecule is CN(Cc1cc(Cl)cc(Cl)c1)C(=O)c1ccnc(CN)c1. The molecule has 2 N–H and O–H groups in total. The number of nitrogens with zero attached hydrogens (tertiary/aromatic N) is 2. The largest absolute Gasteiger partial charge is 0.337 e. The molecular formula is C15H15Cl2N3O. The summed E-state index contributed by atoms with van der Waals surface area (Å²) in [6.07, 6.45) is 1.58. The number of hydrogen-bond acceptors (Lipinski definition) is 3. The monoisotopic (exact) mass is 323 g/mol. The molecule has 0 saturated carbocycles. The Bertz CT molecular complexity index is 641. The van der Waals surface area contributed by atoms with E-state index in [-0.39, 0.29) is 5.91 Å². The lowest BCUT2D eigenvalue weighted by Gasteiger charge is -2.18. The Hall–Kier alpha value is -1.62. The third-order valence-electron chi connectivity index (χ3n) is 2.96. The zero-order chi connectivity index (χ0) is 15.4. The van der Waals surface area contributed by atoms with E-state index in [0.29, 0.717) is 34.4 Å². The molecule has 2 aromatic rings. The summed E-state index contributed by atoms with van der Waals surface area (Å²) in [7, 11) is 1.72. The minimum Gasteiger partial charge on any atom is -0.337 e. The number of aromatic nitrogens is 1. The molecule has 0 aliphatic carbocycles. The summed E-state index contributed by atoms with van der Waals surface area (Å²) < 4.78 is 0. The van der Waals surface area contributed by atoms with E-state index in [1.807, 2.05) is 0 Å². The van der Waals surface area contributed by atoms with Gasteiger partial charge in [-0.15, -0.1) is 0 Å². The summed E-state index contributed by atoms with van der Waals surface area (Å²) >= 11 is 11.9. The first-order valence-electron chi connectivity index (χ1n) is 6.35. The minimum absolute atomic E-state index is 0.108. The topological polar surface area (TPSA) is 59.2 Å². The first-order valence-corrected chi connectivity index (χ1v) is 7.10. The Morgan fingerprint density at radius 3 is 2.52 bits per heavy atom. The van der Waals surface area contributed by atoms with Crippen molar-refractivity contribution in [3.8, 4) is 0 Å². The summed E-state index contributed by atoms with van der Waals surface area (Å²) in [5.74, 6) is -0.108. The predicted molar refractivity (Wildman–Crippen MR) is 84.4 cm³/mol. The highest BCUT2D eigenvalue weighted by Crippen LogP contribution is 2.20.